The molecule has 2 saturated heterocycles. The second kappa shape index (κ2) is 7.98. The van der Waals surface area contributed by atoms with Gasteiger partial charge >= 0.3 is 11.9 Å². The van der Waals surface area contributed by atoms with Crippen LogP contribution in [0.1, 0.15) is 31.1 Å². The predicted molar refractivity (Wildman–Crippen MR) is 94.9 cm³/mol. The van der Waals surface area contributed by atoms with Gasteiger partial charge in [-0.25, -0.2) is 9.59 Å². The largest absolute Gasteiger partial charge is 0.463 e. The summed E-state index contributed by atoms with van der Waals surface area (Å²) in [6, 6.07) is 8.53. The van der Waals surface area contributed by atoms with Crippen LogP contribution in [-0.2, 0) is 28.5 Å². The summed E-state index contributed by atoms with van der Waals surface area (Å²) in [4.78, 5) is 24.2. The van der Waals surface area contributed by atoms with Crippen LogP contribution in [0.5, 0.6) is 0 Å². The molecule has 4 atom stereocenters. The summed E-state index contributed by atoms with van der Waals surface area (Å²) in [5.41, 5.74) is 0.378. The van der Waals surface area contributed by atoms with Gasteiger partial charge in [0.1, 0.15) is 6.10 Å². The molecule has 0 unspecified atom stereocenters. The Morgan fingerprint density at radius 1 is 1.22 bits per heavy atom. The van der Waals surface area contributed by atoms with E-state index in [0.29, 0.717) is 5.56 Å². The van der Waals surface area contributed by atoms with Gasteiger partial charge in [0.05, 0.1) is 17.2 Å². The highest BCUT2D eigenvalue weighted by atomic mass is 35.5. The van der Waals surface area contributed by atoms with E-state index in [4.69, 9.17) is 35.3 Å². The van der Waals surface area contributed by atoms with Crippen molar-refractivity contribution in [1.82, 2.24) is 0 Å². The van der Waals surface area contributed by atoms with E-state index in [1.165, 1.54) is 0 Å². The summed E-state index contributed by atoms with van der Waals surface area (Å²) in [5, 5.41) is 0.0405. The van der Waals surface area contributed by atoms with Crippen LogP contribution in [0.15, 0.2) is 41.4 Å². The standard InChI is InChI=1S/C19H21ClO7/c1-4-23-13(21)10-12(20)14-15(16-18(25-14)27-19(2,3)26-16)24-17(22)11-8-6-5-7-9-11/h5-10,14-16,18H,4H2,1-3H3/b12-10-/t14-,15-,16-,18-/m1/s1. The second-order valence-corrected chi connectivity index (χ2v) is 6.98. The lowest BCUT2D eigenvalue weighted by atomic mass is 10.1. The fraction of sp³-hybridized carbons (Fsp3) is 0.474. The van der Waals surface area contributed by atoms with E-state index in [-0.39, 0.29) is 11.6 Å². The molecule has 0 radical (unpaired) electrons. The SMILES string of the molecule is CCOC(=O)/C=C(\Cl)[C@H]1O[C@@H]2OC(C)(C)O[C@@H]2[C@@H]1OC(=O)c1ccccc1. The lowest BCUT2D eigenvalue weighted by Gasteiger charge is -2.25. The molecule has 1 aromatic carbocycles. The summed E-state index contributed by atoms with van der Waals surface area (Å²) in [7, 11) is 0. The molecule has 0 amide bonds. The number of hydrogen-bond donors (Lipinski definition) is 0. The zero-order valence-corrected chi connectivity index (χ0v) is 16.0. The molecule has 2 fully saturated rings. The molecule has 2 heterocycles. The van der Waals surface area contributed by atoms with E-state index in [2.05, 4.69) is 0 Å². The number of rotatable bonds is 5. The first-order valence-corrected chi connectivity index (χ1v) is 8.99. The first-order valence-electron chi connectivity index (χ1n) is 8.61. The lowest BCUT2D eigenvalue weighted by Crippen LogP contribution is -2.38. The van der Waals surface area contributed by atoms with Crippen LogP contribution in [0.25, 0.3) is 0 Å². The van der Waals surface area contributed by atoms with Gasteiger partial charge in [-0.05, 0) is 32.9 Å². The Hall–Kier alpha value is -1.93. The zero-order valence-electron chi connectivity index (χ0n) is 15.2. The average Bonchev–Trinajstić information content (AvgIpc) is 3.08. The lowest BCUT2D eigenvalue weighted by molar-refractivity contribution is -0.209. The van der Waals surface area contributed by atoms with Crippen molar-refractivity contribution in [3.8, 4) is 0 Å². The molecular weight excluding hydrogens is 376 g/mol. The van der Waals surface area contributed by atoms with Crippen LogP contribution < -0.4 is 0 Å². The van der Waals surface area contributed by atoms with Crippen molar-refractivity contribution in [2.24, 2.45) is 0 Å². The summed E-state index contributed by atoms with van der Waals surface area (Å²) in [5.74, 6) is -2.06. The zero-order chi connectivity index (χ0) is 19.6. The molecular formula is C19H21ClO7. The molecule has 0 N–H and O–H groups in total. The van der Waals surface area contributed by atoms with E-state index >= 15 is 0 Å². The molecule has 1 aromatic rings. The molecule has 27 heavy (non-hydrogen) atoms. The second-order valence-electron chi connectivity index (χ2n) is 6.54. The highest BCUT2D eigenvalue weighted by Crippen LogP contribution is 2.41. The van der Waals surface area contributed by atoms with Gasteiger partial charge in [0, 0.05) is 6.08 Å². The Labute approximate surface area is 162 Å². The minimum atomic E-state index is -0.908. The smallest absolute Gasteiger partial charge is 0.338 e. The van der Waals surface area contributed by atoms with E-state index in [1.54, 1.807) is 51.1 Å². The van der Waals surface area contributed by atoms with Crippen molar-refractivity contribution in [2.45, 2.75) is 51.2 Å². The summed E-state index contributed by atoms with van der Waals surface area (Å²) in [6.07, 6.45) is -2.15. The number of fused-ring (bicyclic) bond motifs is 1. The third-order valence-electron chi connectivity index (χ3n) is 4.06. The average molecular weight is 397 g/mol. The van der Waals surface area contributed by atoms with Crippen LogP contribution in [-0.4, -0.2) is 48.9 Å². The van der Waals surface area contributed by atoms with Crippen LogP contribution in [0.2, 0.25) is 0 Å². The first-order chi connectivity index (χ1) is 12.8. The Balaban J connectivity index is 1.82. The molecule has 2 aliphatic heterocycles. The van der Waals surface area contributed by atoms with E-state index in [9.17, 15) is 9.59 Å². The first kappa shape index (κ1) is 19.8. The maximum Gasteiger partial charge on any atom is 0.338 e. The van der Waals surface area contributed by atoms with Crippen molar-refractivity contribution in [2.75, 3.05) is 6.61 Å². The van der Waals surface area contributed by atoms with Gasteiger partial charge < -0.3 is 23.7 Å². The number of carbonyl (C=O) groups is 2. The molecule has 3 rings (SSSR count). The number of hydrogen-bond acceptors (Lipinski definition) is 7. The van der Waals surface area contributed by atoms with Gasteiger partial charge in [-0.3, -0.25) is 0 Å². The van der Waals surface area contributed by atoms with Crippen molar-refractivity contribution >= 4 is 23.5 Å². The molecule has 0 spiro atoms. The number of ether oxygens (including phenoxy) is 5. The molecule has 0 bridgehead atoms. The number of halogens is 1. The normalized spacial score (nSPS) is 29.3. The van der Waals surface area contributed by atoms with Gasteiger partial charge in [0.2, 0.25) is 0 Å². The van der Waals surface area contributed by atoms with Gasteiger partial charge in [0.25, 0.3) is 0 Å². The van der Waals surface area contributed by atoms with E-state index in [1.807, 2.05) is 0 Å². The fourth-order valence-electron chi connectivity index (χ4n) is 2.97. The molecule has 0 aromatic heterocycles. The number of carbonyl (C=O) groups excluding carboxylic acids is 2. The Morgan fingerprint density at radius 3 is 2.59 bits per heavy atom. The maximum absolute atomic E-state index is 12.5. The Kier molecular flexibility index (Phi) is 5.86. The maximum atomic E-state index is 12.5. The van der Waals surface area contributed by atoms with Crippen LogP contribution >= 0.6 is 11.6 Å². The molecule has 8 heteroatoms. The fourth-order valence-corrected chi connectivity index (χ4v) is 3.24. The van der Waals surface area contributed by atoms with Gasteiger partial charge in [-0.1, -0.05) is 29.8 Å². The Bertz CT molecular complexity index is 731. The minimum Gasteiger partial charge on any atom is -0.463 e. The third kappa shape index (κ3) is 4.50. The van der Waals surface area contributed by atoms with E-state index in [0.717, 1.165) is 6.08 Å². The monoisotopic (exact) mass is 396 g/mol. The van der Waals surface area contributed by atoms with Gasteiger partial charge in [-0.2, -0.15) is 0 Å². The topological polar surface area (TPSA) is 80.3 Å². The summed E-state index contributed by atoms with van der Waals surface area (Å²) >= 11 is 6.26. The van der Waals surface area contributed by atoms with E-state index < -0.39 is 42.3 Å². The Morgan fingerprint density at radius 2 is 1.93 bits per heavy atom. The highest BCUT2D eigenvalue weighted by Gasteiger charge is 2.57. The minimum absolute atomic E-state index is 0.0405. The molecule has 0 saturated carbocycles. The molecule has 146 valence electrons. The third-order valence-corrected chi connectivity index (χ3v) is 4.38. The molecule has 0 aliphatic carbocycles. The number of benzene rings is 1. The van der Waals surface area contributed by atoms with Crippen LogP contribution in [0.4, 0.5) is 0 Å². The summed E-state index contributed by atoms with van der Waals surface area (Å²) < 4.78 is 27.8. The highest BCUT2D eigenvalue weighted by molar-refractivity contribution is 6.31. The molecule has 7 nitrogen and oxygen atoms in total. The van der Waals surface area contributed by atoms with Crippen molar-refractivity contribution in [3.05, 3.63) is 47.0 Å². The summed E-state index contributed by atoms with van der Waals surface area (Å²) in [6.45, 7) is 5.36. The van der Waals surface area contributed by atoms with Gasteiger partial charge in [0.15, 0.2) is 24.3 Å². The van der Waals surface area contributed by atoms with Crippen molar-refractivity contribution < 1.29 is 33.3 Å². The van der Waals surface area contributed by atoms with Crippen LogP contribution in [0, 0.1) is 0 Å². The number of esters is 2. The van der Waals surface area contributed by atoms with Crippen LogP contribution in [0.3, 0.4) is 0 Å². The van der Waals surface area contributed by atoms with Crippen molar-refractivity contribution in [3.63, 3.8) is 0 Å². The van der Waals surface area contributed by atoms with Crippen molar-refractivity contribution in [1.29, 1.82) is 0 Å². The van der Waals surface area contributed by atoms with Gasteiger partial charge in [-0.15, -0.1) is 0 Å². The molecule has 2 aliphatic rings. The quantitative estimate of drug-likeness (QED) is 0.559. The predicted octanol–water partition coefficient (Wildman–Crippen LogP) is 2.77.